The van der Waals surface area contributed by atoms with Crippen molar-refractivity contribution >= 4 is 23.2 Å². The van der Waals surface area contributed by atoms with Gasteiger partial charge in [-0.05, 0) is 68.3 Å². The second-order valence-corrected chi connectivity index (χ2v) is 9.10. The van der Waals surface area contributed by atoms with Crippen LogP contribution in [0.4, 0.5) is 0 Å². The molecule has 3 aromatic heterocycles. The molecule has 3 N–H and O–H groups in total. The van der Waals surface area contributed by atoms with Crippen molar-refractivity contribution in [1.29, 1.82) is 0 Å². The molecule has 0 spiro atoms. The van der Waals surface area contributed by atoms with Crippen molar-refractivity contribution in [1.82, 2.24) is 14.1 Å². The molecule has 4 aromatic rings. The summed E-state index contributed by atoms with van der Waals surface area (Å²) in [7, 11) is 0. The number of hydrogen-bond donors (Lipinski definition) is 2. The summed E-state index contributed by atoms with van der Waals surface area (Å²) in [6, 6.07) is 13.5. The van der Waals surface area contributed by atoms with Gasteiger partial charge in [-0.1, -0.05) is 6.92 Å². The van der Waals surface area contributed by atoms with Crippen LogP contribution in [0.15, 0.2) is 54.9 Å². The van der Waals surface area contributed by atoms with Gasteiger partial charge in [0.15, 0.2) is 0 Å². The van der Waals surface area contributed by atoms with Crippen LogP contribution in [0, 0.1) is 19.8 Å². The van der Waals surface area contributed by atoms with E-state index in [4.69, 9.17) is 5.73 Å². The number of carboxylic acid groups (broad SMARTS) is 1. The van der Waals surface area contributed by atoms with Crippen LogP contribution < -0.4 is 5.73 Å². The first kappa shape index (κ1) is 22.5. The summed E-state index contributed by atoms with van der Waals surface area (Å²) in [5.41, 5.74) is 9.56. The van der Waals surface area contributed by atoms with Crippen molar-refractivity contribution in [2.75, 3.05) is 0 Å². The van der Waals surface area contributed by atoms with Gasteiger partial charge in [0.05, 0.1) is 16.5 Å². The van der Waals surface area contributed by atoms with Crippen molar-refractivity contribution in [2.45, 2.75) is 33.6 Å². The van der Waals surface area contributed by atoms with E-state index >= 15 is 0 Å². The van der Waals surface area contributed by atoms with E-state index in [1.54, 1.807) is 29.7 Å². The molecule has 33 heavy (non-hydrogen) atoms. The van der Waals surface area contributed by atoms with Crippen molar-refractivity contribution in [3.8, 4) is 21.3 Å². The average molecular weight is 463 g/mol. The molecule has 1 aromatic carbocycles. The standard InChI is InChI=1S/C25H26N4O3S/c1-4-17(25(31)32)14-19-6-8-21(22-9-10-23(33-22)28-12-11-27-16(28)3)29(19)20-7-5-18(24(26)30)13-15(20)2/h5-13,17H,4,14H2,1-3H3,(H2,26,30)(H,31,32). The summed E-state index contributed by atoms with van der Waals surface area (Å²) in [4.78, 5) is 28.8. The van der Waals surface area contributed by atoms with Crippen LogP contribution >= 0.6 is 11.3 Å². The van der Waals surface area contributed by atoms with Gasteiger partial charge in [0, 0.05) is 35.8 Å². The number of aliphatic carboxylic acids is 1. The van der Waals surface area contributed by atoms with E-state index in [2.05, 4.69) is 21.7 Å². The summed E-state index contributed by atoms with van der Waals surface area (Å²) in [6.45, 7) is 5.78. The number of aryl methyl sites for hydroxylation is 2. The van der Waals surface area contributed by atoms with Crippen molar-refractivity contribution in [2.24, 2.45) is 11.7 Å². The zero-order valence-electron chi connectivity index (χ0n) is 18.8. The summed E-state index contributed by atoms with van der Waals surface area (Å²) in [5, 5.41) is 10.7. The van der Waals surface area contributed by atoms with E-state index in [9.17, 15) is 14.7 Å². The van der Waals surface area contributed by atoms with Crippen LogP contribution in [0.2, 0.25) is 0 Å². The highest BCUT2D eigenvalue weighted by Crippen LogP contribution is 2.35. The van der Waals surface area contributed by atoms with Crippen LogP contribution in [-0.2, 0) is 11.2 Å². The smallest absolute Gasteiger partial charge is 0.306 e. The number of rotatable bonds is 8. The van der Waals surface area contributed by atoms with Gasteiger partial charge in [-0.2, -0.15) is 0 Å². The minimum atomic E-state index is -0.804. The van der Waals surface area contributed by atoms with Crippen molar-refractivity contribution < 1.29 is 14.7 Å². The monoisotopic (exact) mass is 462 g/mol. The molecule has 7 nitrogen and oxygen atoms in total. The Morgan fingerprint density at radius 1 is 1.15 bits per heavy atom. The minimum absolute atomic E-state index is 0.404. The molecule has 8 heteroatoms. The van der Waals surface area contributed by atoms with Gasteiger partial charge in [-0.3, -0.25) is 14.2 Å². The van der Waals surface area contributed by atoms with E-state index in [1.807, 2.05) is 49.7 Å². The summed E-state index contributed by atoms with van der Waals surface area (Å²) >= 11 is 1.64. The van der Waals surface area contributed by atoms with Crippen LogP contribution in [0.25, 0.3) is 21.3 Å². The van der Waals surface area contributed by atoms with Gasteiger partial charge in [-0.25, -0.2) is 4.98 Å². The van der Waals surface area contributed by atoms with Gasteiger partial charge in [0.25, 0.3) is 0 Å². The molecule has 1 unspecified atom stereocenters. The molecule has 0 saturated heterocycles. The van der Waals surface area contributed by atoms with E-state index in [-0.39, 0.29) is 0 Å². The molecule has 170 valence electrons. The number of carboxylic acids is 1. The fourth-order valence-corrected chi connectivity index (χ4v) is 5.09. The van der Waals surface area contributed by atoms with Gasteiger partial charge < -0.3 is 15.4 Å². The highest BCUT2D eigenvalue weighted by atomic mass is 32.1. The zero-order chi connectivity index (χ0) is 23.7. The Bertz CT molecular complexity index is 1330. The van der Waals surface area contributed by atoms with E-state index < -0.39 is 17.8 Å². The Kier molecular flexibility index (Phi) is 6.20. The van der Waals surface area contributed by atoms with E-state index in [1.165, 1.54) is 0 Å². The maximum Gasteiger partial charge on any atom is 0.306 e. The summed E-state index contributed by atoms with van der Waals surface area (Å²) in [5.74, 6) is -0.858. The number of benzene rings is 1. The minimum Gasteiger partial charge on any atom is -0.481 e. The predicted octanol–water partition coefficient (Wildman–Crippen LogP) is 4.76. The molecular formula is C25H26N4O3S. The maximum atomic E-state index is 11.7. The number of nitrogens with two attached hydrogens (primary N) is 1. The number of carbonyl (C=O) groups excluding carboxylic acids is 1. The van der Waals surface area contributed by atoms with E-state index in [0.717, 1.165) is 38.3 Å². The van der Waals surface area contributed by atoms with Gasteiger partial charge in [0.2, 0.25) is 5.91 Å². The molecule has 0 aliphatic carbocycles. The third-order valence-corrected chi connectivity index (χ3v) is 7.00. The highest BCUT2D eigenvalue weighted by Gasteiger charge is 2.22. The first-order chi connectivity index (χ1) is 15.8. The van der Waals surface area contributed by atoms with Gasteiger partial charge in [-0.15, -0.1) is 11.3 Å². The Hall–Kier alpha value is -3.65. The number of hydrogen-bond acceptors (Lipinski definition) is 4. The molecule has 0 aliphatic heterocycles. The van der Waals surface area contributed by atoms with E-state index in [0.29, 0.717) is 18.4 Å². The molecule has 0 bridgehead atoms. The number of primary amides is 1. The predicted molar refractivity (Wildman–Crippen MR) is 129 cm³/mol. The van der Waals surface area contributed by atoms with Gasteiger partial charge in [0.1, 0.15) is 10.8 Å². The second kappa shape index (κ2) is 9.07. The normalized spacial score (nSPS) is 12.1. The Balaban J connectivity index is 1.85. The number of nitrogens with zero attached hydrogens (tertiary/aromatic N) is 3. The molecule has 3 heterocycles. The first-order valence-electron chi connectivity index (χ1n) is 10.7. The fourth-order valence-electron chi connectivity index (χ4n) is 4.04. The summed E-state index contributed by atoms with van der Waals surface area (Å²) < 4.78 is 4.13. The highest BCUT2D eigenvalue weighted by molar-refractivity contribution is 7.17. The number of imidazole rings is 1. The second-order valence-electron chi connectivity index (χ2n) is 8.04. The zero-order valence-corrected chi connectivity index (χ0v) is 19.6. The fraction of sp³-hybridized carbons (Fsp3) is 0.240. The number of aromatic nitrogens is 3. The lowest BCUT2D eigenvalue weighted by Gasteiger charge is -2.18. The number of thiophene rings is 1. The first-order valence-corrected chi connectivity index (χ1v) is 11.6. The Morgan fingerprint density at radius 3 is 2.55 bits per heavy atom. The lowest BCUT2D eigenvalue weighted by atomic mass is 10.0. The van der Waals surface area contributed by atoms with Crippen LogP contribution in [0.3, 0.4) is 0 Å². The number of carbonyl (C=O) groups is 2. The molecule has 0 radical (unpaired) electrons. The van der Waals surface area contributed by atoms with Crippen LogP contribution in [0.1, 0.15) is 40.8 Å². The van der Waals surface area contributed by atoms with Crippen LogP contribution in [0.5, 0.6) is 0 Å². The largest absolute Gasteiger partial charge is 0.481 e. The molecule has 4 rings (SSSR count). The molecule has 0 aliphatic rings. The third-order valence-electron chi connectivity index (χ3n) is 5.89. The van der Waals surface area contributed by atoms with Crippen molar-refractivity contribution in [3.05, 3.63) is 77.5 Å². The quantitative estimate of drug-likeness (QED) is 0.394. The topological polar surface area (TPSA) is 103 Å². The SMILES string of the molecule is CCC(Cc1ccc(-c2ccc(-n3ccnc3C)s2)n1-c1ccc(C(N)=O)cc1C)C(=O)O. The van der Waals surface area contributed by atoms with Crippen LogP contribution in [-0.4, -0.2) is 31.1 Å². The Morgan fingerprint density at radius 2 is 1.94 bits per heavy atom. The maximum absolute atomic E-state index is 11.7. The average Bonchev–Trinajstić information content (AvgIpc) is 3.50. The van der Waals surface area contributed by atoms with Gasteiger partial charge >= 0.3 is 5.97 Å². The third kappa shape index (κ3) is 4.34. The lowest BCUT2D eigenvalue weighted by molar-refractivity contribution is -0.141. The molecule has 0 saturated carbocycles. The molecule has 1 atom stereocenters. The Labute approximate surface area is 196 Å². The molecular weight excluding hydrogens is 436 g/mol. The van der Waals surface area contributed by atoms with Crippen molar-refractivity contribution in [3.63, 3.8) is 0 Å². The number of amides is 1. The molecule has 0 fully saturated rings. The molecule has 1 amide bonds. The lowest BCUT2D eigenvalue weighted by Crippen LogP contribution is -2.18. The summed E-state index contributed by atoms with van der Waals surface area (Å²) in [6.07, 6.45) is 4.65.